The minimum atomic E-state index is -0.765. The Kier molecular flexibility index (Phi) is 3.20. The van der Waals surface area contributed by atoms with Crippen molar-refractivity contribution in [2.45, 2.75) is 43.6 Å². The van der Waals surface area contributed by atoms with Crippen LogP contribution in [0.1, 0.15) is 37.3 Å². The highest BCUT2D eigenvalue weighted by atomic mass is 19.1. The summed E-state index contributed by atoms with van der Waals surface area (Å²) in [7, 11) is 0. The lowest BCUT2D eigenvalue weighted by Crippen LogP contribution is -2.49. The van der Waals surface area contributed by atoms with Gasteiger partial charge in [0, 0.05) is 5.56 Å². The van der Waals surface area contributed by atoms with Crippen molar-refractivity contribution in [3.05, 3.63) is 35.4 Å². The molecule has 118 valence electrons. The van der Waals surface area contributed by atoms with Crippen LogP contribution in [0.4, 0.5) is 8.78 Å². The van der Waals surface area contributed by atoms with E-state index in [9.17, 15) is 13.6 Å². The van der Waals surface area contributed by atoms with Crippen molar-refractivity contribution >= 4 is 5.91 Å². The number of nitrogens with zero attached hydrogens (tertiary/aromatic N) is 1. The Morgan fingerprint density at radius 1 is 1.23 bits per heavy atom. The lowest BCUT2D eigenvalue weighted by atomic mass is 9.90. The molecule has 22 heavy (non-hydrogen) atoms. The van der Waals surface area contributed by atoms with Crippen LogP contribution in [0.2, 0.25) is 0 Å². The number of halogens is 2. The Morgan fingerprint density at radius 3 is 2.77 bits per heavy atom. The van der Waals surface area contributed by atoms with E-state index in [0.717, 1.165) is 25.2 Å². The van der Waals surface area contributed by atoms with E-state index in [1.165, 1.54) is 6.07 Å². The van der Waals surface area contributed by atoms with E-state index in [2.05, 4.69) is 5.32 Å². The van der Waals surface area contributed by atoms with E-state index in [1.54, 1.807) is 4.90 Å². The van der Waals surface area contributed by atoms with Crippen LogP contribution in [-0.2, 0) is 9.53 Å². The fourth-order valence-corrected chi connectivity index (χ4v) is 3.95. The van der Waals surface area contributed by atoms with Crippen molar-refractivity contribution in [2.24, 2.45) is 0 Å². The zero-order valence-electron chi connectivity index (χ0n) is 12.1. The number of carbonyl (C=O) groups is 1. The van der Waals surface area contributed by atoms with E-state index in [-0.39, 0.29) is 17.7 Å². The first kappa shape index (κ1) is 14.1. The third-order valence-electron chi connectivity index (χ3n) is 5.05. The van der Waals surface area contributed by atoms with E-state index < -0.39 is 23.3 Å². The highest BCUT2D eigenvalue weighted by molar-refractivity contribution is 5.88. The molecule has 3 aliphatic heterocycles. The van der Waals surface area contributed by atoms with Crippen molar-refractivity contribution in [1.29, 1.82) is 0 Å². The summed E-state index contributed by atoms with van der Waals surface area (Å²) < 4.78 is 33.6. The van der Waals surface area contributed by atoms with Crippen LogP contribution in [0.25, 0.3) is 0 Å². The van der Waals surface area contributed by atoms with Gasteiger partial charge in [0.15, 0.2) is 5.60 Å². The van der Waals surface area contributed by atoms with Crippen molar-refractivity contribution in [3.8, 4) is 0 Å². The van der Waals surface area contributed by atoms with Gasteiger partial charge in [0.2, 0.25) is 0 Å². The summed E-state index contributed by atoms with van der Waals surface area (Å²) >= 11 is 0. The van der Waals surface area contributed by atoms with Gasteiger partial charge >= 0.3 is 0 Å². The van der Waals surface area contributed by atoms with Gasteiger partial charge < -0.3 is 15.0 Å². The molecule has 3 aliphatic rings. The Balaban J connectivity index is 1.67. The molecule has 1 N–H and O–H groups in total. The van der Waals surface area contributed by atoms with Gasteiger partial charge in [-0.3, -0.25) is 4.79 Å². The van der Waals surface area contributed by atoms with Crippen molar-refractivity contribution in [3.63, 3.8) is 0 Å². The van der Waals surface area contributed by atoms with E-state index in [0.29, 0.717) is 25.7 Å². The number of carbonyl (C=O) groups excluding carboxylic acids is 1. The average Bonchev–Trinajstić information content (AvgIpc) is 3.02. The van der Waals surface area contributed by atoms with Crippen LogP contribution in [0.15, 0.2) is 18.2 Å². The quantitative estimate of drug-likeness (QED) is 0.864. The zero-order chi connectivity index (χ0) is 15.3. The Bertz CT molecular complexity index is 616. The van der Waals surface area contributed by atoms with Gasteiger partial charge in [-0.05, 0) is 57.0 Å². The van der Waals surface area contributed by atoms with Crippen LogP contribution >= 0.6 is 0 Å². The molecule has 2 atom stereocenters. The highest BCUT2D eigenvalue weighted by Gasteiger charge is 2.57. The van der Waals surface area contributed by atoms with Crippen LogP contribution < -0.4 is 5.32 Å². The number of ether oxygens (including phenoxy) is 1. The molecule has 3 saturated heterocycles. The second-order valence-electron chi connectivity index (χ2n) is 6.29. The number of rotatable bonds is 1. The minimum absolute atomic E-state index is 0.0647. The summed E-state index contributed by atoms with van der Waals surface area (Å²) in [6.45, 7) is 1.48. The average molecular weight is 308 g/mol. The van der Waals surface area contributed by atoms with E-state index >= 15 is 0 Å². The third kappa shape index (κ3) is 1.97. The van der Waals surface area contributed by atoms with Gasteiger partial charge in [0.25, 0.3) is 5.91 Å². The van der Waals surface area contributed by atoms with E-state index in [4.69, 9.17) is 4.74 Å². The topological polar surface area (TPSA) is 41.6 Å². The van der Waals surface area contributed by atoms with Gasteiger partial charge in [-0.25, -0.2) is 8.78 Å². The fourth-order valence-electron chi connectivity index (χ4n) is 3.95. The molecule has 1 amide bonds. The van der Waals surface area contributed by atoms with E-state index in [1.807, 2.05) is 0 Å². The molecule has 0 bridgehead atoms. The number of piperidine rings is 1. The number of nitrogens with one attached hydrogen (secondary N) is 1. The molecule has 4 rings (SSSR count). The maximum atomic E-state index is 14.1. The second kappa shape index (κ2) is 4.99. The zero-order valence-corrected chi connectivity index (χ0v) is 12.1. The van der Waals surface area contributed by atoms with Gasteiger partial charge in [0.05, 0.1) is 6.04 Å². The largest absolute Gasteiger partial charge is 0.342 e. The number of benzene rings is 1. The number of fused-ring (bicyclic) bond motifs is 1. The molecule has 4 nitrogen and oxygen atoms in total. The molecular weight excluding hydrogens is 290 g/mol. The Morgan fingerprint density at radius 2 is 2.00 bits per heavy atom. The first-order valence-electron chi connectivity index (χ1n) is 7.77. The van der Waals surface area contributed by atoms with Crippen LogP contribution in [-0.4, -0.2) is 35.7 Å². The van der Waals surface area contributed by atoms with Gasteiger partial charge in [-0.15, -0.1) is 0 Å². The maximum Gasteiger partial charge on any atom is 0.257 e. The molecular formula is C16H18F2N2O2. The molecule has 3 heterocycles. The molecule has 0 aliphatic carbocycles. The monoisotopic (exact) mass is 308 g/mol. The first-order chi connectivity index (χ1) is 10.6. The van der Waals surface area contributed by atoms with Gasteiger partial charge in [-0.1, -0.05) is 0 Å². The number of hydrogen-bond donors (Lipinski definition) is 1. The molecule has 1 aromatic rings. The van der Waals surface area contributed by atoms with Gasteiger partial charge in [0.1, 0.15) is 17.9 Å². The van der Waals surface area contributed by atoms with Crippen LogP contribution in [0.3, 0.4) is 0 Å². The van der Waals surface area contributed by atoms with Crippen LogP contribution in [0, 0.1) is 11.6 Å². The fraction of sp³-hybridized carbons (Fsp3) is 0.562. The standard InChI is InChI=1S/C16H18F2N2O2/c17-10-1-2-12(18)11(9-10)13-3-4-14-20(13)15(21)16(22-14)5-7-19-8-6-16/h1-2,9,13-14,19H,3-8H2/t13-,14+/m0/s1. The number of hydrogen-bond acceptors (Lipinski definition) is 3. The number of amides is 1. The van der Waals surface area contributed by atoms with Crippen molar-refractivity contribution in [1.82, 2.24) is 10.2 Å². The lowest BCUT2D eigenvalue weighted by molar-refractivity contribution is -0.140. The molecule has 1 aromatic carbocycles. The lowest BCUT2D eigenvalue weighted by Gasteiger charge is -2.32. The molecule has 6 heteroatoms. The predicted molar refractivity (Wildman–Crippen MR) is 74.9 cm³/mol. The molecule has 1 spiro atoms. The molecule has 0 aromatic heterocycles. The SMILES string of the molecule is O=C1N2[C@@H](CC[C@H]2c2cc(F)ccc2F)OC12CCNCC2. The molecule has 3 fully saturated rings. The van der Waals surface area contributed by atoms with Gasteiger partial charge in [-0.2, -0.15) is 0 Å². The van der Waals surface area contributed by atoms with Crippen molar-refractivity contribution in [2.75, 3.05) is 13.1 Å². The highest BCUT2D eigenvalue weighted by Crippen LogP contribution is 2.47. The second-order valence-corrected chi connectivity index (χ2v) is 6.29. The summed E-state index contributed by atoms with van der Waals surface area (Å²) in [6.07, 6.45) is 2.24. The first-order valence-corrected chi connectivity index (χ1v) is 7.77. The smallest absolute Gasteiger partial charge is 0.257 e. The summed E-state index contributed by atoms with van der Waals surface area (Å²) in [5.41, 5.74) is -0.510. The van der Waals surface area contributed by atoms with Crippen molar-refractivity contribution < 1.29 is 18.3 Å². The molecule has 0 saturated carbocycles. The summed E-state index contributed by atoms with van der Waals surface area (Å²) in [5.74, 6) is -1.01. The Hall–Kier alpha value is -1.53. The predicted octanol–water partition coefficient (Wildman–Crippen LogP) is 2.11. The summed E-state index contributed by atoms with van der Waals surface area (Å²) in [5, 5.41) is 3.22. The Labute approximate surface area is 127 Å². The summed E-state index contributed by atoms with van der Waals surface area (Å²) in [6, 6.07) is 2.99. The minimum Gasteiger partial charge on any atom is -0.342 e. The third-order valence-corrected chi connectivity index (χ3v) is 5.05. The molecule has 0 unspecified atom stereocenters. The summed E-state index contributed by atoms with van der Waals surface area (Å²) in [4.78, 5) is 14.5. The normalized spacial score (nSPS) is 30.1. The van der Waals surface area contributed by atoms with Crippen LogP contribution in [0.5, 0.6) is 0 Å². The molecule has 0 radical (unpaired) electrons. The maximum absolute atomic E-state index is 14.1.